The second kappa shape index (κ2) is 7.59. The molecule has 0 aliphatic carbocycles. The van der Waals surface area contributed by atoms with Crippen LogP contribution in [0.3, 0.4) is 0 Å². The minimum absolute atomic E-state index is 0.0745. The number of aromatic nitrogens is 3. The Hall–Kier alpha value is -3.55. The number of hydrogen-bond donors (Lipinski definition) is 2. The smallest absolute Gasteiger partial charge is 0.255 e. The van der Waals surface area contributed by atoms with Crippen molar-refractivity contribution in [2.24, 2.45) is 0 Å². The molecule has 3 aromatic rings. The summed E-state index contributed by atoms with van der Waals surface area (Å²) < 4.78 is 13.0. The van der Waals surface area contributed by atoms with Gasteiger partial charge in [-0.2, -0.15) is 0 Å². The van der Waals surface area contributed by atoms with Crippen LogP contribution in [0.4, 0.5) is 21.7 Å². The van der Waals surface area contributed by atoms with Gasteiger partial charge in [0.2, 0.25) is 0 Å². The van der Waals surface area contributed by atoms with Gasteiger partial charge in [-0.15, -0.1) is 0 Å². The zero-order valence-corrected chi connectivity index (χ0v) is 15.0. The molecule has 142 valence electrons. The molecule has 1 fully saturated rings. The molecule has 7 nitrogen and oxygen atoms in total. The molecule has 1 atom stereocenters. The summed E-state index contributed by atoms with van der Waals surface area (Å²) in [6, 6.07) is 9.90. The monoisotopic (exact) mass is 378 g/mol. The number of nitrogens with zero attached hydrogens (tertiary/aromatic N) is 4. The standard InChI is InChI=1S/C20H19FN6O/c21-14-4-8-19(25-11-14)26-15-5-6-16(23-12-15)17-2-1-9-27(17)20(28)13-3-7-18(22)24-10-13/h3-8,10-12,17H,1-2,9H2,(H2,22,24)(H,25,26)/t17-/m0/s1. The molecular formula is C20H19FN6O. The summed E-state index contributed by atoms with van der Waals surface area (Å²) in [4.78, 5) is 27.2. The SMILES string of the molecule is Nc1ccc(C(=O)N2CCC[C@H]2c2ccc(Nc3ccc(F)cn3)cn2)cn1. The number of carbonyl (C=O) groups excluding carboxylic acids is 1. The van der Waals surface area contributed by atoms with Crippen molar-refractivity contribution in [3.8, 4) is 0 Å². The van der Waals surface area contributed by atoms with E-state index in [0.717, 1.165) is 30.4 Å². The van der Waals surface area contributed by atoms with Crippen molar-refractivity contribution in [1.82, 2.24) is 19.9 Å². The van der Waals surface area contributed by atoms with Crippen molar-refractivity contribution in [3.63, 3.8) is 0 Å². The first-order valence-corrected chi connectivity index (χ1v) is 8.97. The summed E-state index contributed by atoms with van der Waals surface area (Å²) in [5.41, 5.74) is 7.68. The van der Waals surface area contributed by atoms with Crippen LogP contribution in [0.2, 0.25) is 0 Å². The minimum Gasteiger partial charge on any atom is -0.384 e. The minimum atomic E-state index is -0.388. The number of anilines is 3. The molecule has 0 unspecified atom stereocenters. The van der Waals surface area contributed by atoms with Crippen molar-refractivity contribution in [2.45, 2.75) is 18.9 Å². The highest BCUT2D eigenvalue weighted by Gasteiger charge is 2.31. The molecular weight excluding hydrogens is 359 g/mol. The molecule has 4 rings (SSSR count). The fourth-order valence-electron chi connectivity index (χ4n) is 3.29. The van der Waals surface area contributed by atoms with Gasteiger partial charge < -0.3 is 16.0 Å². The van der Waals surface area contributed by atoms with Crippen LogP contribution < -0.4 is 11.1 Å². The third kappa shape index (κ3) is 3.75. The second-order valence-electron chi connectivity index (χ2n) is 6.59. The summed E-state index contributed by atoms with van der Waals surface area (Å²) in [7, 11) is 0. The number of amides is 1. The zero-order chi connectivity index (χ0) is 19.5. The van der Waals surface area contributed by atoms with Gasteiger partial charge in [0.15, 0.2) is 0 Å². The summed E-state index contributed by atoms with van der Waals surface area (Å²) in [6.45, 7) is 0.676. The highest BCUT2D eigenvalue weighted by atomic mass is 19.1. The molecule has 1 amide bonds. The van der Waals surface area contributed by atoms with Gasteiger partial charge in [-0.3, -0.25) is 9.78 Å². The van der Waals surface area contributed by atoms with Crippen molar-refractivity contribution in [3.05, 3.63) is 72.1 Å². The Morgan fingerprint density at radius 2 is 1.96 bits per heavy atom. The van der Waals surface area contributed by atoms with Crippen molar-refractivity contribution in [2.75, 3.05) is 17.6 Å². The Morgan fingerprint density at radius 1 is 1.07 bits per heavy atom. The van der Waals surface area contributed by atoms with Crippen molar-refractivity contribution >= 4 is 23.2 Å². The Bertz CT molecular complexity index is 959. The van der Waals surface area contributed by atoms with Gasteiger partial charge in [0, 0.05) is 12.7 Å². The molecule has 0 aromatic carbocycles. The van der Waals surface area contributed by atoms with E-state index in [4.69, 9.17) is 5.73 Å². The van der Waals surface area contributed by atoms with E-state index in [1.807, 2.05) is 17.0 Å². The van der Waals surface area contributed by atoms with Crippen LogP contribution in [0.1, 0.15) is 34.9 Å². The summed E-state index contributed by atoms with van der Waals surface area (Å²) >= 11 is 0. The van der Waals surface area contributed by atoms with Crippen LogP contribution in [-0.2, 0) is 0 Å². The first-order chi connectivity index (χ1) is 13.6. The lowest BCUT2D eigenvalue weighted by Crippen LogP contribution is -2.31. The molecule has 28 heavy (non-hydrogen) atoms. The average Bonchev–Trinajstić information content (AvgIpc) is 3.20. The van der Waals surface area contributed by atoms with E-state index in [1.165, 1.54) is 12.3 Å². The maximum atomic E-state index is 13.0. The van der Waals surface area contributed by atoms with Crippen LogP contribution in [0.5, 0.6) is 0 Å². The van der Waals surface area contributed by atoms with Crippen molar-refractivity contribution < 1.29 is 9.18 Å². The summed E-state index contributed by atoms with van der Waals surface area (Å²) in [6.07, 6.45) is 6.11. The topological polar surface area (TPSA) is 97.0 Å². The number of carbonyl (C=O) groups is 1. The molecule has 4 heterocycles. The Balaban J connectivity index is 1.49. The fourth-order valence-corrected chi connectivity index (χ4v) is 3.29. The van der Waals surface area contributed by atoms with E-state index in [2.05, 4.69) is 20.3 Å². The van der Waals surface area contributed by atoms with Gasteiger partial charge in [0.25, 0.3) is 5.91 Å². The van der Waals surface area contributed by atoms with Gasteiger partial charge in [0.1, 0.15) is 17.5 Å². The number of nitrogens with two attached hydrogens (primary N) is 1. The molecule has 1 saturated heterocycles. The van der Waals surface area contributed by atoms with E-state index in [1.54, 1.807) is 24.4 Å². The summed E-state index contributed by atoms with van der Waals surface area (Å²) in [5.74, 6) is 0.454. The number of pyridine rings is 3. The van der Waals surface area contributed by atoms with Gasteiger partial charge in [-0.25, -0.2) is 14.4 Å². The second-order valence-corrected chi connectivity index (χ2v) is 6.59. The van der Waals surface area contributed by atoms with E-state index < -0.39 is 0 Å². The van der Waals surface area contributed by atoms with Crippen molar-refractivity contribution in [1.29, 1.82) is 0 Å². The molecule has 0 saturated carbocycles. The molecule has 0 spiro atoms. The molecule has 8 heteroatoms. The number of likely N-dealkylation sites (tertiary alicyclic amines) is 1. The van der Waals surface area contributed by atoms with E-state index in [9.17, 15) is 9.18 Å². The Morgan fingerprint density at radius 3 is 2.64 bits per heavy atom. The number of rotatable bonds is 4. The number of nitrogen functional groups attached to an aromatic ring is 1. The lowest BCUT2D eigenvalue weighted by Gasteiger charge is -2.24. The number of halogens is 1. The molecule has 0 radical (unpaired) electrons. The van der Waals surface area contributed by atoms with Crippen LogP contribution in [0, 0.1) is 5.82 Å². The van der Waals surface area contributed by atoms with E-state index >= 15 is 0 Å². The van der Waals surface area contributed by atoms with Gasteiger partial charge in [-0.1, -0.05) is 0 Å². The fraction of sp³-hybridized carbons (Fsp3) is 0.200. The third-order valence-corrected chi connectivity index (χ3v) is 4.67. The third-order valence-electron chi connectivity index (χ3n) is 4.67. The predicted molar refractivity (Wildman–Crippen MR) is 103 cm³/mol. The maximum absolute atomic E-state index is 13.0. The van der Waals surface area contributed by atoms with Crippen LogP contribution in [0.25, 0.3) is 0 Å². The highest BCUT2D eigenvalue weighted by molar-refractivity contribution is 5.94. The number of hydrogen-bond acceptors (Lipinski definition) is 6. The Labute approximate surface area is 161 Å². The van der Waals surface area contributed by atoms with Gasteiger partial charge in [0.05, 0.1) is 35.4 Å². The maximum Gasteiger partial charge on any atom is 0.255 e. The first kappa shape index (κ1) is 17.8. The zero-order valence-electron chi connectivity index (χ0n) is 15.0. The molecule has 3 aromatic heterocycles. The normalized spacial score (nSPS) is 16.2. The molecule has 3 N–H and O–H groups in total. The predicted octanol–water partition coefficient (Wildman–Crippen LogP) is 3.31. The molecule has 1 aliphatic heterocycles. The van der Waals surface area contributed by atoms with Gasteiger partial charge in [-0.05, 0) is 49.2 Å². The molecule has 0 bridgehead atoms. The lowest BCUT2D eigenvalue weighted by atomic mass is 10.1. The number of nitrogens with one attached hydrogen (secondary N) is 1. The average molecular weight is 378 g/mol. The van der Waals surface area contributed by atoms with E-state index in [0.29, 0.717) is 23.7 Å². The van der Waals surface area contributed by atoms with Crippen LogP contribution in [-0.4, -0.2) is 32.3 Å². The quantitative estimate of drug-likeness (QED) is 0.723. The summed E-state index contributed by atoms with van der Waals surface area (Å²) in [5, 5.41) is 3.07. The van der Waals surface area contributed by atoms with Crippen LogP contribution in [0.15, 0.2) is 55.0 Å². The van der Waals surface area contributed by atoms with Gasteiger partial charge >= 0.3 is 0 Å². The van der Waals surface area contributed by atoms with Crippen LogP contribution >= 0.6 is 0 Å². The lowest BCUT2D eigenvalue weighted by molar-refractivity contribution is 0.0732. The van der Waals surface area contributed by atoms with E-state index in [-0.39, 0.29) is 17.8 Å². The molecule has 1 aliphatic rings. The largest absolute Gasteiger partial charge is 0.384 e. The first-order valence-electron chi connectivity index (χ1n) is 8.97. The highest BCUT2D eigenvalue weighted by Crippen LogP contribution is 2.32. The Kier molecular flexibility index (Phi) is 4.84.